The lowest BCUT2D eigenvalue weighted by Crippen LogP contribution is -2.21. The number of hydrogen-bond donors (Lipinski definition) is 2. The third-order valence-electron chi connectivity index (χ3n) is 3.78. The molecule has 0 aliphatic carbocycles. The third kappa shape index (κ3) is 5.24. The Kier molecular flexibility index (Phi) is 5.94. The van der Waals surface area contributed by atoms with Crippen molar-refractivity contribution in [2.24, 2.45) is 0 Å². The highest BCUT2D eigenvalue weighted by atomic mass is 35.5. The first-order valence-corrected chi connectivity index (χ1v) is 8.59. The van der Waals surface area contributed by atoms with Gasteiger partial charge in [-0.15, -0.1) is 0 Å². The van der Waals surface area contributed by atoms with Crippen LogP contribution in [0.5, 0.6) is 5.75 Å². The van der Waals surface area contributed by atoms with Crippen molar-refractivity contribution in [3.8, 4) is 5.75 Å². The number of aryl methyl sites for hydroxylation is 1. The van der Waals surface area contributed by atoms with Crippen molar-refractivity contribution in [1.29, 1.82) is 0 Å². The van der Waals surface area contributed by atoms with Crippen LogP contribution in [0.15, 0.2) is 72.8 Å². The largest absolute Gasteiger partial charge is 0.489 e. The van der Waals surface area contributed by atoms with Gasteiger partial charge in [0.2, 0.25) is 0 Å². The molecule has 2 N–H and O–H groups in total. The maximum Gasteiger partial charge on any atom is 0.124 e. The Hall–Kier alpha value is -2.49. The SMILES string of the molecule is Cc1cccc(COc2ccc(Cl)cc2CNNc2ccccc2)c1. The van der Waals surface area contributed by atoms with E-state index in [1.807, 2.05) is 54.6 Å². The number of hydrogen-bond acceptors (Lipinski definition) is 3. The summed E-state index contributed by atoms with van der Waals surface area (Å²) in [5.41, 5.74) is 10.8. The molecule has 0 radical (unpaired) electrons. The van der Waals surface area contributed by atoms with Gasteiger partial charge in [-0.1, -0.05) is 59.6 Å². The van der Waals surface area contributed by atoms with E-state index < -0.39 is 0 Å². The maximum absolute atomic E-state index is 6.15. The second-order valence-corrected chi connectivity index (χ2v) is 6.31. The van der Waals surface area contributed by atoms with Gasteiger partial charge in [-0.3, -0.25) is 0 Å². The summed E-state index contributed by atoms with van der Waals surface area (Å²) in [7, 11) is 0. The monoisotopic (exact) mass is 352 g/mol. The van der Waals surface area contributed by atoms with Crippen LogP contribution in [0.3, 0.4) is 0 Å². The fourth-order valence-electron chi connectivity index (χ4n) is 2.55. The number of nitrogens with one attached hydrogen (secondary N) is 2. The van der Waals surface area contributed by atoms with E-state index in [0.29, 0.717) is 18.2 Å². The summed E-state index contributed by atoms with van der Waals surface area (Å²) in [5, 5.41) is 0.694. The van der Waals surface area contributed by atoms with Crippen molar-refractivity contribution in [2.45, 2.75) is 20.1 Å². The van der Waals surface area contributed by atoms with Crippen molar-refractivity contribution in [3.05, 3.63) is 94.5 Å². The van der Waals surface area contributed by atoms with E-state index in [1.165, 1.54) is 5.56 Å². The van der Waals surface area contributed by atoms with Crippen LogP contribution in [0, 0.1) is 6.92 Å². The first-order valence-electron chi connectivity index (χ1n) is 8.21. The van der Waals surface area contributed by atoms with Crippen LogP contribution in [-0.2, 0) is 13.2 Å². The molecule has 128 valence electrons. The molecule has 0 saturated carbocycles. The van der Waals surface area contributed by atoms with E-state index in [2.05, 4.69) is 36.0 Å². The van der Waals surface area contributed by atoms with Crippen LogP contribution < -0.4 is 15.6 Å². The highest BCUT2D eigenvalue weighted by Gasteiger charge is 2.06. The Morgan fingerprint density at radius 2 is 1.76 bits per heavy atom. The first kappa shape index (κ1) is 17.3. The topological polar surface area (TPSA) is 33.3 Å². The Labute approximate surface area is 153 Å². The van der Waals surface area contributed by atoms with Gasteiger partial charge in [0.05, 0.1) is 0 Å². The van der Waals surface area contributed by atoms with Crippen LogP contribution in [0.2, 0.25) is 5.02 Å². The zero-order chi connectivity index (χ0) is 17.5. The van der Waals surface area contributed by atoms with Gasteiger partial charge in [-0.25, -0.2) is 5.43 Å². The zero-order valence-corrected chi connectivity index (χ0v) is 14.9. The molecule has 3 nitrogen and oxygen atoms in total. The zero-order valence-electron chi connectivity index (χ0n) is 14.1. The van der Waals surface area contributed by atoms with Gasteiger partial charge < -0.3 is 10.2 Å². The van der Waals surface area contributed by atoms with Crippen LogP contribution in [-0.4, -0.2) is 0 Å². The average molecular weight is 353 g/mol. The van der Waals surface area contributed by atoms with Gasteiger partial charge in [0.15, 0.2) is 0 Å². The van der Waals surface area contributed by atoms with Crippen molar-refractivity contribution in [3.63, 3.8) is 0 Å². The van der Waals surface area contributed by atoms with E-state index in [1.54, 1.807) is 0 Å². The first-order chi connectivity index (χ1) is 12.2. The average Bonchev–Trinajstić information content (AvgIpc) is 2.62. The molecular formula is C21H21ClN2O. The van der Waals surface area contributed by atoms with E-state index in [-0.39, 0.29) is 0 Å². The highest BCUT2D eigenvalue weighted by molar-refractivity contribution is 6.30. The molecule has 0 aliphatic rings. The predicted molar refractivity (Wildman–Crippen MR) is 104 cm³/mol. The summed E-state index contributed by atoms with van der Waals surface area (Å²) < 4.78 is 6.01. The van der Waals surface area contributed by atoms with Crippen LogP contribution in [0.4, 0.5) is 5.69 Å². The van der Waals surface area contributed by atoms with E-state index in [4.69, 9.17) is 16.3 Å². The number of para-hydroxylation sites is 1. The molecule has 0 unspecified atom stereocenters. The molecular weight excluding hydrogens is 332 g/mol. The highest BCUT2D eigenvalue weighted by Crippen LogP contribution is 2.24. The van der Waals surface area contributed by atoms with E-state index in [0.717, 1.165) is 22.6 Å². The maximum atomic E-state index is 6.15. The van der Waals surface area contributed by atoms with Crippen molar-refractivity contribution < 1.29 is 4.74 Å². The smallest absolute Gasteiger partial charge is 0.124 e. The second kappa shape index (κ2) is 8.56. The molecule has 25 heavy (non-hydrogen) atoms. The lowest BCUT2D eigenvalue weighted by Gasteiger charge is -2.14. The molecule has 3 aromatic rings. The van der Waals surface area contributed by atoms with E-state index in [9.17, 15) is 0 Å². The Morgan fingerprint density at radius 3 is 2.56 bits per heavy atom. The second-order valence-electron chi connectivity index (χ2n) is 5.87. The van der Waals surface area contributed by atoms with Gasteiger partial charge in [0.1, 0.15) is 12.4 Å². The number of benzene rings is 3. The molecule has 0 atom stereocenters. The standard InChI is InChI=1S/C21H21ClN2O/c1-16-6-5-7-17(12-16)15-25-21-11-10-19(22)13-18(21)14-23-24-20-8-3-2-4-9-20/h2-13,23-24H,14-15H2,1H3. The number of rotatable bonds is 7. The van der Waals surface area contributed by atoms with Crippen molar-refractivity contribution >= 4 is 17.3 Å². The van der Waals surface area contributed by atoms with Gasteiger partial charge in [-0.2, -0.15) is 0 Å². The van der Waals surface area contributed by atoms with Crippen molar-refractivity contribution in [1.82, 2.24) is 5.43 Å². The van der Waals surface area contributed by atoms with Crippen LogP contribution in [0.1, 0.15) is 16.7 Å². The summed E-state index contributed by atoms with van der Waals surface area (Å²) in [4.78, 5) is 0. The molecule has 3 aromatic carbocycles. The predicted octanol–water partition coefficient (Wildman–Crippen LogP) is 5.34. The number of hydrazine groups is 1. The lowest BCUT2D eigenvalue weighted by atomic mass is 10.1. The van der Waals surface area contributed by atoms with Crippen LogP contribution >= 0.6 is 11.6 Å². The van der Waals surface area contributed by atoms with Gasteiger partial charge in [0, 0.05) is 22.8 Å². The fraction of sp³-hybridized carbons (Fsp3) is 0.143. The lowest BCUT2D eigenvalue weighted by molar-refractivity contribution is 0.302. The minimum absolute atomic E-state index is 0.530. The summed E-state index contributed by atoms with van der Waals surface area (Å²) in [5.74, 6) is 0.827. The number of anilines is 1. The van der Waals surface area contributed by atoms with Crippen molar-refractivity contribution in [2.75, 3.05) is 5.43 Å². The third-order valence-corrected chi connectivity index (χ3v) is 4.02. The fourth-order valence-corrected chi connectivity index (χ4v) is 2.75. The minimum Gasteiger partial charge on any atom is -0.489 e. The molecule has 0 saturated heterocycles. The summed E-state index contributed by atoms with van der Waals surface area (Å²) in [6.45, 7) is 3.21. The van der Waals surface area contributed by atoms with Gasteiger partial charge in [-0.05, 0) is 42.8 Å². The molecule has 0 amide bonds. The molecule has 3 rings (SSSR count). The Morgan fingerprint density at radius 1 is 0.920 bits per heavy atom. The summed E-state index contributed by atoms with van der Waals surface area (Å²) in [6.07, 6.45) is 0. The molecule has 0 spiro atoms. The Bertz CT molecular complexity index is 821. The molecule has 0 bridgehead atoms. The Balaban J connectivity index is 1.63. The molecule has 0 heterocycles. The van der Waals surface area contributed by atoms with Gasteiger partial charge >= 0.3 is 0 Å². The van der Waals surface area contributed by atoms with E-state index >= 15 is 0 Å². The molecule has 0 fully saturated rings. The van der Waals surface area contributed by atoms with Gasteiger partial charge in [0.25, 0.3) is 0 Å². The quantitative estimate of drug-likeness (QED) is 0.563. The summed E-state index contributed by atoms with van der Waals surface area (Å²) in [6, 6.07) is 24.0. The summed E-state index contributed by atoms with van der Waals surface area (Å²) >= 11 is 6.15. The molecule has 0 aromatic heterocycles. The molecule has 0 aliphatic heterocycles. The van der Waals surface area contributed by atoms with Crippen LogP contribution in [0.25, 0.3) is 0 Å². The minimum atomic E-state index is 0.530. The normalized spacial score (nSPS) is 10.5. The number of halogens is 1. The number of ether oxygens (including phenoxy) is 1. The molecule has 4 heteroatoms.